The number of aldehydes is 1. The third-order valence-corrected chi connectivity index (χ3v) is 2.31. The monoisotopic (exact) mass is 194 g/mol. The lowest BCUT2D eigenvalue weighted by atomic mass is 10.00. The molecule has 0 aliphatic heterocycles. The Balaban J connectivity index is 2.53. The lowest BCUT2D eigenvalue weighted by Gasteiger charge is -2.04. The van der Waals surface area contributed by atoms with E-state index in [1.54, 1.807) is 6.07 Å². The van der Waals surface area contributed by atoms with Crippen LogP contribution < -0.4 is 0 Å². The van der Waals surface area contributed by atoms with Crippen molar-refractivity contribution in [1.29, 1.82) is 0 Å². The molecule has 1 heteroatoms. The van der Waals surface area contributed by atoms with Crippen molar-refractivity contribution in [2.45, 2.75) is 0 Å². The van der Waals surface area contributed by atoms with Crippen molar-refractivity contribution in [2.75, 3.05) is 0 Å². The summed E-state index contributed by atoms with van der Waals surface area (Å²) in [5, 5.41) is 0. The molecule has 0 N–H and O–H groups in total. The molecule has 0 unspecified atom stereocenters. The molecule has 0 spiro atoms. The molecule has 0 saturated carbocycles. The average Bonchev–Trinajstić information content (AvgIpc) is 2.30. The Kier molecular flexibility index (Phi) is 2.64. The van der Waals surface area contributed by atoms with Gasteiger partial charge in [-0.15, -0.1) is 0 Å². The van der Waals surface area contributed by atoms with Crippen LogP contribution in [0.25, 0.3) is 11.1 Å². The highest BCUT2D eigenvalue weighted by atomic mass is 16.1. The molecule has 2 radical (unpaired) electrons. The molecule has 0 amide bonds. The molecule has 0 aliphatic carbocycles. The Bertz CT molecular complexity index is 469. The van der Waals surface area contributed by atoms with Gasteiger partial charge in [0.05, 0.1) is 0 Å². The molecule has 0 atom stereocenters. The SMILES string of the molecule is [CH]c1ccc(-c2ccccc2C=O)cc1. The van der Waals surface area contributed by atoms with E-state index in [0.29, 0.717) is 5.56 Å². The molecule has 0 aliphatic rings. The Morgan fingerprint density at radius 1 is 0.933 bits per heavy atom. The summed E-state index contributed by atoms with van der Waals surface area (Å²) in [5.41, 5.74) is 3.36. The number of benzene rings is 2. The van der Waals surface area contributed by atoms with Gasteiger partial charge in [0.1, 0.15) is 0 Å². The zero-order valence-electron chi connectivity index (χ0n) is 8.18. The van der Waals surface area contributed by atoms with Crippen molar-refractivity contribution in [3.63, 3.8) is 0 Å². The first-order chi connectivity index (χ1) is 7.31. The van der Waals surface area contributed by atoms with Gasteiger partial charge in [-0.3, -0.25) is 4.79 Å². The van der Waals surface area contributed by atoms with Gasteiger partial charge in [0.2, 0.25) is 0 Å². The Morgan fingerprint density at radius 2 is 1.60 bits per heavy atom. The summed E-state index contributed by atoms with van der Waals surface area (Å²) >= 11 is 0. The zero-order valence-corrected chi connectivity index (χ0v) is 8.18. The predicted octanol–water partition coefficient (Wildman–Crippen LogP) is 3.23. The van der Waals surface area contributed by atoms with Crippen LogP contribution >= 0.6 is 0 Å². The van der Waals surface area contributed by atoms with Crippen molar-refractivity contribution in [3.8, 4) is 11.1 Å². The van der Waals surface area contributed by atoms with Crippen molar-refractivity contribution in [2.24, 2.45) is 0 Å². The minimum atomic E-state index is 0.697. The highest BCUT2D eigenvalue weighted by molar-refractivity contribution is 5.87. The van der Waals surface area contributed by atoms with Crippen molar-refractivity contribution < 1.29 is 4.79 Å². The summed E-state index contributed by atoms with van der Waals surface area (Å²) in [7, 11) is 0. The minimum Gasteiger partial charge on any atom is -0.298 e. The van der Waals surface area contributed by atoms with E-state index in [9.17, 15) is 4.79 Å². The quantitative estimate of drug-likeness (QED) is 0.671. The fourth-order valence-corrected chi connectivity index (χ4v) is 1.53. The van der Waals surface area contributed by atoms with Gasteiger partial charge in [-0.25, -0.2) is 0 Å². The number of hydrogen-bond acceptors (Lipinski definition) is 1. The highest BCUT2D eigenvalue weighted by Gasteiger charge is 2.02. The van der Waals surface area contributed by atoms with Crippen LogP contribution in [0.1, 0.15) is 15.9 Å². The molecule has 0 heterocycles. The molecule has 0 aromatic heterocycles. The summed E-state index contributed by atoms with van der Waals surface area (Å²) in [6.45, 7) is 5.61. The van der Waals surface area contributed by atoms with Gasteiger partial charge in [0.25, 0.3) is 0 Å². The zero-order chi connectivity index (χ0) is 10.7. The molecule has 0 bridgehead atoms. The first-order valence-electron chi connectivity index (χ1n) is 4.71. The smallest absolute Gasteiger partial charge is 0.150 e. The van der Waals surface area contributed by atoms with Crippen LogP contribution in [0.3, 0.4) is 0 Å². The Hall–Kier alpha value is -1.89. The van der Waals surface area contributed by atoms with Gasteiger partial charge in [0.15, 0.2) is 6.29 Å². The van der Waals surface area contributed by atoms with E-state index < -0.39 is 0 Å². The fourth-order valence-electron chi connectivity index (χ4n) is 1.53. The fraction of sp³-hybridized carbons (Fsp3) is 0. The van der Waals surface area contributed by atoms with E-state index in [1.807, 2.05) is 42.5 Å². The largest absolute Gasteiger partial charge is 0.298 e. The number of carbonyl (C=O) groups excluding carboxylic acids is 1. The highest BCUT2D eigenvalue weighted by Crippen LogP contribution is 2.22. The van der Waals surface area contributed by atoms with E-state index in [4.69, 9.17) is 6.92 Å². The van der Waals surface area contributed by atoms with Crippen LogP contribution in [0, 0.1) is 6.92 Å². The van der Waals surface area contributed by atoms with Crippen LogP contribution in [-0.2, 0) is 0 Å². The summed E-state index contributed by atoms with van der Waals surface area (Å²) in [4.78, 5) is 10.8. The normalized spacial score (nSPS) is 9.93. The number of rotatable bonds is 2. The second kappa shape index (κ2) is 4.09. The molecule has 2 aromatic rings. The van der Waals surface area contributed by atoms with Crippen LogP contribution in [0.2, 0.25) is 0 Å². The maximum atomic E-state index is 10.8. The van der Waals surface area contributed by atoms with E-state index >= 15 is 0 Å². The van der Waals surface area contributed by atoms with Gasteiger partial charge in [0, 0.05) is 5.56 Å². The summed E-state index contributed by atoms with van der Waals surface area (Å²) in [6, 6.07) is 15.0. The topological polar surface area (TPSA) is 17.1 Å². The lowest BCUT2D eigenvalue weighted by Crippen LogP contribution is -1.86. The van der Waals surface area contributed by atoms with E-state index in [-0.39, 0.29) is 0 Å². The van der Waals surface area contributed by atoms with Crippen LogP contribution in [0.5, 0.6) is 0 Å². The third kappa shape index (κ3) is 1.96. The predicted molar refractivity (Wildman–Crippen MR) is 60.7 cm³/mol. The average molecular weight is 194 g/mol. The summed E-state index contributed by atoms with van der Waals surface area (Å²) in [6.07, 6.45) is 0.867. The molecule has 2 aromatic carbocycles. The Morgan fingerprint density at radius 3 is 2.27 bits per heavy atom. The van der Waals surface area contributed by atoms with Crippen LogP contribution in [-0.4, -0.2) is 6.29 Å². The summed E-state index contributed by atoms with van der Waals surface area (Å²) in [5.74, 6) is 0. The molecule has 1 nitrogen and oxygen atoms in total. The first-order valence-corrected chi connectivity index (χ1v) is 4.71. The van der Waals surface area contributed by atoms with Crippen molar-refractivity contribution in [1.82, 2.24) is 0 Å². The standard InChI is InChI=1S/C14H10O/c1-11-6-8-12(9-7-11)14-5-3-2-4-13(14)10-15/h1-10H. The van der Waals surface area contributed by atoms with Crippen molar-refractivity contribution in [3.05, 3.63) is 66.6 Å². The molecule has 2 rings (SSSR count). The van der Waals surface area contributed by atoms with E-state index in [1.165, 1.54) is 0 Å². The molecule has 0 saturated heterocycles. The van der Waals surface area contributed by atoms with Gasteiger partial charge in [-0.1, -0.05) is 48.5 Å². The molecular formula is C14H10O. The van der Waals surface area contributed by atoms with Gasteiger partial charge < -0.3 is 0 Å². The van der Waals surface area contributed by atoms with Crippen LogP contribution in [0.15, 0.2) is 48.5 Å². The van der Waals surface area contributed by atoms with E-state index in [2.05, 4.69) is 0 Å². The second-order valence-corrected chi connectivity index (χ2v) is 3.33. The van der Waals surface area contributed by atoms with Gasteiger partial charge in [-0.2, -0.15) is 0 Å². The maximum absolute atomic E-state index is 10.8. The molecule has 15 heavy (non-hydrogen) atoms. The Labute approximate surface area is 89.4 Å². The number of carbonyl (C=O) groups is 1. The summed E-state index contributed by atoms with van der Waals surface area (Å²) < 4.78 is 0. The minimum absolute atomic E-state index is 0.697. The molecule has 72 valence electrons. The second-order valence-electron chi connectivity index (χ2n) is 3.33. The first kappa shape index (κ1) is 9.66. The van der Waals surface area contributed by atoms with Crippen LogP contribution in [0.4, 0.5) is 0 Å². The van der Waals surface area contributed by atoms with Crippen molar-refractivity contribution >= 4 is 6.29 Å². The third-order valence-electron chi connectivity index (χ3n) is 2.31. The van der Waals surface area contributed by atoms with Gasteiger partial charge >= 0.3 is 0 Å². The maximum Gasteiger partial charge on any atom is 0.150 e. The van der Waals surface area contributed by atoms with Gasteiger partial charge in [-0.05, 0) is 23.6 Å². The van der Waals surface area contributed by atoms with E-state index in [0.717, 1.165) is 23.0 Å². The molecular weight excluding hydrogens is 184 g/mol. The number of hydrogen-bond donors (Lipinski definition) is 0. The molecule has 0 fully saturated rings. The lowest BCUT2D eigenvalue weighted by molar-refractivity contribution is 0.112.